The lowest BCUT2D eigenvalue weighted by Gasteiger charge is -2.36. The molecule has 0 atom stereocenters. The van der Waals surface area contributed by atoms with Gasteiger partial charge in [-0.2, -0.15) is 4.37 Å². The highest BCUT2D eigenvalue weighted by atomic mass is 32.1. The van der Waals surface area contributed by atoms with E-state index in [-0.39, 0.29) is 5.91 Å². The van der Waals surface area contributed by atoms with Crippen LogP contribution in [0.15, 0.2) is 4.99 Å². The van der Waals surface area contributed by atoms with Gasteiger partial charge in [-0.3, -0.25) is 9.79 Å². The Bertz CT molecular complexity index is 620. The third-order valence-corrected chi connectivity index (χ3v) is 5.46. The molecule has 3 rings (SSSR count). The molecule has 1 saturated carbocycles. The van der Waals surface area contributed by atoms with Crippen molar-refractivity contribution >= 4 is 28.5 Å². The Morgan fingerprint density at radius 1 is 1.31 bits per heavy atom. The van der Waals surface area contributed by atoms with Gasteiger partial charge < -0.3 is 20.4 Å². The summed E-state index contributed by atoms with van der Waals surface area (Å²) in [6.07, 6.45) is 4.55. The van der Waals surface area contributed by atoms with Crippen molar-refractivity contribution in [2.45, 2.75) is 45.1 Å². The Morgan fingerprint density at radius 3 is 2.69 bits per heavy atom. The van der Waals surface area contributed by atoms with E-state index in [2.05, 4.69) is 41.7 Å². The number of carbonyl (C=O) groups is 1. The average Bonchev–Trinajstić information content (AvgIpc) is 3.34. The molecule has 1 aromatic rings. The second-order valence-electron chi connectivity index (χ2n) is 6.74. The molecule has 144 valence electrons. The van der Waals surface area contributed by atoms with Crippen LogP contribution in [0.5, 0.6) is 0 Å². The standard InChI is InChI=1S/C17H29N7OS/c1-3-14-21-17(26-22-14)24-11-9-23(10-12-24)16(18-2)19-8-4-5-15(25)20-13-6-7-13/h13H,3-12H2,1-2H3,(H,18,19)(H,20,25). The lowest BCUT2D eigenvalue weighted by molar-refractivity contribution is -0.121. The lowest BCUT2D eigenvalue weighted by Crippen LogP contribution is -2.52. The molecule has 1 aliphatic carbocycles. The maximum Gasteiger partial charge on any atom is 0.220 e. The highest BCUT2D eigenvalue weighted by molar-refractivity contribution is 7.09. The number of aliphatic imine (C=N–C) groups is 1. The first-order chi connectivity index (χ1) is 12.7. The van der Waals surface area contributed by atoms with Crippen LogP contribution in [0.1, 0.15) is 38.4 Å². The molecule has 9 heteroatoms. The Kier molecular flexibility index (Phi) is 6.65. The minimum absolute atomic E-state index is 0.168. The van der Waals surface area contributed by atoms with E-state index in [1.165, 1.54) is 11.5 Å². The molecule has 1 saturated heterocycles. The van der Waals surface area contributed by atoms with Gasteiger partial charge in [0, 0.05) is 70.2 Å². The van der Waals surface area contributed by atoms with Crippen LogP contribution in [0.2, 0.25) is 0 Å². The summed E-state index contributed by atoms with van der Waals surface area (Å²) in [7, 11) is 1.81. The number of amides is 1. The van der Waals surface area contributed by atoms with Crippen LogP contribution < -0.4 is 15.5 Å². The summed E-state index contributed by atoms with van der Waals surface area (Å²) >= 11 is 1.49. The Balaban J connectivity index is 1.37. The van der Waals surface area contributed by atoms with Crippen molar-refractivity contribution in [3.63, 3.8) is 0 Å². The molecule has 2 aliphatic rings. The largest absolute Gasteiger partial charge is 0.356 e. The third-order valence-electron chi connectivity index (χ3n) is 4.64. The molecule has 2 heterocycles. The van der Waals surface area contributed by atoms with Crippen LogP contribution in [-0.4, -0.2) is 71.9 Å². The molecule has 2 fully saturated rings. The maximum atomic E-state index is 11.7. The molecule has 26 heavy (non-hydrogen) atoms. The summed E-state index contributed by atoms with van der Waals surface area (Å²) in [6, 6.07) is 0.445. The number of anilines is 1. The normalized spacial score (nSPS) is 18.2. The zero-order valence-electron chi connectivity index (χ0n) is 15.7. The van der Waals surface area contributed by atoms with Gasteiger partial charge in [0.05, 0.1) is 0 Å². The van der Waals surface area contributed by atoms with Gasteiger partial charge in [-0.15, -0.1) is 0 Å². The molecular weight excluding hydrogens is 350 g/mol. The summed E-state index contributed by atoms with van der Waals surface area (Å²) in [6.45, 7) is 6.49. The molecule has 0 radical (unpaired) electrons. The van der Waals surface area contributed by atoms with Gasteiger partial charge in [0.1, 0.15) is 5.82 Å². The first kappa shape index (κ1) is 18.9. The smallest absolute Gasteiger partial charge is 0.220 e. The molecule has 1 amide bonds. The van der Waals surface area contributed by atoms with Gasteiger partial charge in [0.2, 0.25) is 11.0 Å². The van der Waals surface area contributed by atoms with Crippen molar-refractivity contribution < 1.29 is 4.79 Å². The Hall–Kier alpha value is -1.90. The zero-order valence-corrected chi connectivity index (χ0v) is 16.5. The molecule has 8 nitrogen and oxygen atoms in total. The Labute approximate surface area is 159 Å². The molecule has 0 spiro atoms. The highest BCUT2D eigenvalue weighted by Gasteiger charge is 2.23. The van der Waals surface area contributed by atoms with Gasteiger partial charge in [0.25, 0.3) is 0 Å². The second kappa shape index (κ2) is 9.16. The van der Waals surface area contributed by atoms with Gasteiger partial charge in [-0.05, 0) is 19.3 Å². The van der Waals surface area contributed by atoms with Crippen molar-refractivity contribution in [2.24, 2.45) is 4.99 Å². The summed E-state index contributed by atoms with van der Waals surface area (Å²) in [5.41, 5.74) is 0. The van der Waals surface area contributed by atoms with E-state index in [0.29, 0.717) is 12.5 Å². The fourth-order valence-corrected chi connectivity index (χ4v) is 3.74. The van der Waals surface area contributed by atoms with Gasteiger partial charge in [-0.25, -0.2) is 4.98 Å². The van der Waals surface area contributed by atoms with Crippen molar-refractivity contribution in [2.75, 3.05) is 44.7 Å². The van der Waals surface area contributed by atoms with Crippen LogP contribution in [-0.2, 0) is 11.2 Å². The first-order valence-corrected chi connectivity index (χ1v) is 10.3. The molecule has 1 aromatic heterocycles. The minimum Gasteiger partial charge on any atom is -0.356 e. The zero-order chi connectivity index (χ0) is 18.4. The van der Waals surface area contributed by atoms with E-state index in [4.69, 9.17) is 0 Å². The number of rotatable bonds is 7. The van der Waals surface area contributed by atoms with Crippen LogP contribution in [0.25, 0.3) is 0 Å². The number of carbonyl (C=O) groups excluding carboxylic acids is 1. The van der Waals surface area contributed by atoms with E-state index in [1.54, 1.807) is 0 Å². The summed E-state index contributed by atoms with van der Waals surface area (Å²) in [5.74, 6) is 2.01. The molecule has 0 bridgehead atoms. The van der Waals surface area contributed by atoms with E-state index < -0.39 is 0 Å². The number of guanidine groups is 1. The van der Waals surface area contributed by atoms with Crippen molar-refractivity contribution in [3.8, 4) is 0 Å². The number of nitrogens with zero attached hydrogens (tertiary/aromatic N) is 5. The molecule has 1 aliphatic heterocycles. The van der Waals surface area contributed by atoms with E-state index in [9.17, 15) is 4.79 Å². The maximum absolute atomic E-state index is 11.7. The molecule has 0 unspecified atom stereocenters. The van der Waals surface area contributed by atoms with Crippen LogP contribution in [0.4, 0.5) is 5.13 Å². The fourth-order valence-electron chi connectivity index (χ4n) is 2.94. The van der Waals surface area contributed by atoms with Gasteiger partial charge >= 0.3 is 0 Å². The van der Waals surface area contributed by atoms with Crippen LogP contribution in [0.3, 0.4) is 0 Å². The number of hydrogen-bond acceptors (Lipinski definition) is 6. The predicted molar refractivity (Wildman–Crippen MR) is 105 cm³/mol. The molecule has 0 aromatic carbocycles. The van der Waals surface area contributed by atoms with Crippen molar-refractivity contribution in [1.29, 1.82) is 0 Å². The summed E-state index contributed by atoms with van der Waals surface area (Å²) in [4.78, 5) is 25.2. The Morgan fingerprint density at radius 2 is 2.08 bits per heavy atom. The van der Waals surface area contributed by atoms with E-state index in [0.717, 1.165) is 75.3 Å². The fraction of sp³-hybridized carbons (Fsp3) is 0.765. The topological polar surface area (TPSA) is 85.8 Å². The van der Waals surface area contributed by atoms with Gasteiger partial charge in [0.15, 0.2) is 5.96 Å². The lowest BCUT2D eigenvalue weighted by atomic mass is 10.3. The highest BCUT2D eigenvalue weighted by Crippen LogP contribution is 2.19. The van der Waals surface area contributed by atoms with E-state index >= 15 is 0 Å². The van der Waals surface area contributed by atoms with Crippen molar-refractivity contribution in [1.82, 2.24) is 24.9 Å². The predicted octanol–water partition coefficient (Wildman–Crippen LogP) is 0.857. The van der Waals surface area contributed by atoms with Gasteiger partial charge in [-0.1, -0.05) is 6.92 Å². The quantitative estimate of drug-likeness (QED) is 0.415. The summed E-state index contributed by atoms with van der Waals surface area (Å²) in [5, 5.41) is 7.43. The number of aryl methyl sites for hydroxylation is 1. The number of aromatic nitrogens is 2. The SMILES string of the molecule is CCc1nsc(N2CCN(C(=NC)NCCCC(=O)NC3CC3)CC2)n1. The van der Waals surface area contributed by atoms with Crippen LogP contribution >= 0.6 is 11.5 Å². The van der Waals surface area contributed by atoms with Crippen LogP contribution in [0, 0.1) is 0 Å². The monoisotopic (exact) mass is 379 g/mol. The number of piperazine rings is 1. The second-order valence-corrected chi connectivity index (χ2v) is 7.47. The number of nitrogens with one attached hydrogen (secondary N) is 2. The minimum atomic E-state index is 0.168. The number of hydrogen-bond donors (Lipinski definition) is 2. The first-order valence-electron chi connectivity index (χ1n) is 9.52. The average molecular weight is 380 g/mol. The third kappa shape index (κ3) is 5.30. The summed E-state index contributed by atoms with van der Waals surface area (Å²) < 4.78 is 4.37. The van der Waals surface area contributed by atoms with E-state index in [1.807, 2.05) is 7.05 Å². The van der Waals surface area contributed by atoms with Crippen molar-refractivity contribution in [3.05, 3.63) is 5.82 Å². The molecule has 2 N–H and O–H groups in total. The molecular formula is C17H29N7OS.